The van der Waals surface area contributed by atoms with Gasteiger partial charge in [0.1, 0.15) is 5.75 Å². The van der Waals surface area contributed by atoms with Gasteiger partial charge in [0, 0.05) is 19.0 Å². The second-order valence-corrected chi connectivity index (χ2v) is 9.04. The first-order valence-electron chi connectivity index (χ1n) is 8.16. The Hall–Kier alpha value is -1.70. The van der Waals surface area contributed by atoms with Crippen molar-refractivity contribution in [3.05, 3.63) is 46.2 Å². The van der Waals surface area contributed by atoms with Crippen molar-refractivity contribution in [2.45, 2.75) is 24.7 Å². The number of rotatable bonds is 5. The summed E-state index contributed by atoms with van der Waals surface area (Å²) in [6, 6.07) is 8.58. The molecule has 5 nitrogen and oxygen atoms in total. The highest BCUT2D eigenvalue weighted by molar-refractivity contribution is 7.89. The smallest absolute Gasteiger partial charge is 0.243 e. The summed E-state index contributed by atoms with van der Waals surface area (Å²) in [6.07, 6.45) is 1.12. The third-order valence-corrected chi connectivity index (χ3v) is 7.37. The summed E-state index contributed by atoms with van der Waals surface area (Å²) >= 11 is 1.44. The highest BCUT2D eigenvalue weighted by Crippen LogP contribution is 2.29. The third-order valence-electron chi connectivity index (χ3n) is 4.59. The quantitative estimate of drug-likeness (QED) is 0.748. The van der Waals surface area contributed by atoms with Gasteiger partial charge in [-0.15, -0.1) is 11.3 Å². The molecule has 1 aromatic heterocycles. The van der Waals surface area contributed by atoms with Gasteiger partial charge in [-0.05, 0) is 55.0 Å². The molecule has 25 heavy (non-hydrogen) atoms. The second-order valence-electron chi connectivity index (χ2n) is 6.15. The number of carbonyl (C=O) groups is 1. The predicted molar refractivity (Wildman–Crippen MR) is 97.9 cm³/mol. The van der Waals surface area contributed by atoms with Crippen LogP contribution in [0.1, 0.15) is 28.1 Å². The molecule has 2 aromatic rings. The van der Waals surface area contributed by atoms with Crippen molar-refractivity contribution >= 4 is 27.1 Å². The summed E-state index contributed by atoms with van der Waals surface area (Å²) in [5, 5.41) is 1.89. The van der Waals surface area contributed by atoms with Crippen LogP contribution in [0.5, 0.6) is 5.75 Å². The van der Waals surface area contributed by atoms with E-state index in [1.165, 1.54) is 15.6 Å². The minimum absolute atomic E-state index is 0.0947. The maximum atomic E-state index is 12.8. The zero-order valence-electron chi connectivity index (χ0n) is 14.3. The van der Waals surface area contributed by atoms with E-state index in [0.29, 0.717) is 31.7 Å². The van der Waals surface area contributed by atoms with Gasteiger partial charge in [-0.3, -0.25) is 4.79 Å². The number of ketones is 1. The van der Waals surface area contributed by atoms with E-state index in [1.807, 2.05) is 24.4 Å². The first-order valence-corrected chi connectivity index (χ1v) is 10.5. The van der Waals surface area contributed by atoms with Gasteiger partial charge in [-0.1, -0.05) is 6.07 Å². The molecule has 1 aliphatic rings. The van der Waals surface area contributed by atoms with Crippen molar-refractivity contribution in [3.8, 4) is 5.75 Å². The number of thiophene rings is 1. The van der Waals surface area contributed by atoms with Crippen LogP contribution in [0.4, 0.5) is 0 Å². The van der Waals surface area contributed by atoms with E-state index in [9.17, 15) is 13.2 Å². The van der Waals surface area contributed by atoms with Gasteiger partial charge in [-0.25, -0.2) is 8.42 Å². The molecule has 0 unspecified atom stereocenters. The average molecular weight is 380 g/mol. The highest BCUT2D eigenvalue weighted by atomic mass is 32.2. The zero-order valence-corrected chi connectivity index (χ0v) is 15.9. The van der Waals surface area contributed by atoms with Crippen molar-refractivity contribution < 1.29 is 17.9 Å². The molecule has 0 saturated carbocycles. The number of methoxy groups -OCH3 is 1. The SMILES string of the molecule is COc1ccc(S(=O)(=O)N2CCC(C(=O)c3cccs3)CC2)cc1C. The molecule has 1 saturated heterocycles. The zero-order chi connectivity index (χ0) is 18.0. The summed E-state index contributed by atoms with van der Waals surface area (Å²) < 4.78 is 32.4. The van der Waals surface area contributed by atoms with Crippen LogP contribution in [0.2, 0.25) is 0 Å². The van der Waals surface area contributed by atoms with Gasteiger partial charge in [-0.2, -0.15) is 4.31 Å². The van der Waals surface area contributed by atoms with Crippen LogP contribution < -0.4 is 4.74 Å². The summed E-state index contributed by atoms with van der Waals surface area (Å²) in [7, 11) is -1.98. The summed E-state index contributed by atoms with van der Waals surface area (Å²) in [4.78, 5) is 13.5. The maximum Gasteiger partial charge on any atom is 0.243 e. The Bertz CT molecular complexity index is 851. The molecule has 0 bridgehead atoms. The standard InChI is InChI=1S/C18H21NO4S2/c1-13-12-15(5-6-16(13)23-2)25(21,22)19-9-7-14(8-10-19)18(20)17-4-3-11-24-17/h3-6,11-12,14H,7-10H2,1-2H3. The van der Waals surface area contributed by atoms with Crippen LogP contribution in [0, 0.1) is 12.8 Å². The van der Waals surface area contributed by atoms with Gasteiger partial charge in [0.05, 0.1) is 16.9 Å². The molecule has 0 spiro atoms. The Balaban J connectivity index is 1.71. The molecule has 0 aliphatic carbocycles. The third kappa shape index (κ3) is 3.63. The van der Waals surface area contributed by atoms with Crippen LogP contribution in [-0.2, 0) is 10.0 Å². The highest BCUT2D eigenvalue weighted by Gasteiger charge is 2.32. The van der Waals surface area contributed by atoms with Gasteiger partial charge in [0.15, 0.2) is 5.78 Å². The van der Waals surface area contributed by atoms with Crippen molar-refractivity contribution in [3.63, 3.8) is 0 Å². The Morgan fingerprint density at radius 3 is 2.52 bits per heavy atom. The van der Waals surface area contributed by atoms with Gasteiger partial charge >= 0.3 is 0 Å². The Morgan fingerprint density at radius 1 is 1.24 bits per heavy atom. The molecule has 1 aromatic carbocycles. The van der Waals surface area contributed by atoms with Crippen LogP contribution in [0.25, 0.3) is 0 Å². The Kier molecular flexibility index (Phi) is 5.27. The number of sulfonamides is 1. The largest absolute Gasteiger partial charge is 0.496 e. The topological polar surface area (TPSA) is 63.7 Å². The van der Waals surface area contributed by atoms with E-state index in [2.05, 4.69) is 0 Å². The number of aryl methyl sites for hydroxylation is 1. The number of nitrogens with zero attached hydrogens (tertiary/aromatic N) is 1. The Morgan fingerprint density at radius 2 is 1.96 bits per heavy atom. The van der Waals surface area contributed by atoms with E-state index in [4.69, 9.17) is 4.74 Å². The lowest BCUT2D eigenvalue weighted by Crippen LogP contribution is -2.40. The van der Waals surface area contributed by atoms with Gasteiger partial charge < -0.3 is 4.74 Å². The van der Waals surface area contributed by atoms with Crippen LogP contribution in [0.15, 0.2) is 40.6 Å². The number of benzene rings is 1. The molecule has 2 heterocycles. The molecule has 3 rings (SSSR count). The first kappa shape index (κ1) is 18.1. The number of carbonyl (C=O) groups excluding carboxylic acids is 1. The molecular formula is C18H21NO4S2. The molecule has 134 valence electrons. The summed E-state index contributed by atoms with van der Waals surface area (Å²) in [5.41, 5.74) is 0.784. The van der Waals surface area contributed by atoms with Crippen LogP contribution in [-0.4, -0.2) is 38.7 Å². The molecule has 0 N–H and O–H groups in total. The molecule has 0 atom stereocenters. The maximum absolute atomic E-state index is 12.8. The summed E-state index contributed by atoms with van der Waals surface area (Å²) in [6.45, 7) is 2.56. The van der Waals surface area contributed by atoms with Crippen molar-refractivity contribution in [1.82, 2.24) is 4.31 Å². The first-order chi connectivity index (χ1) is 11.9. The Labute approximate surface area is 152 Å². The molecule has 1 aliphatic heterocycles. The van der Waals surface area contributed by atoms with Crippen molar-refractivity contribution in [1.29, 1.82) is 0 Å². The van der Waals surface area contributed by atoms with E-state index < -0.39 is 10.0 Å². The van der Waals surface area contributed by atoms with Gasteiger partial charge in [0.2, 0.25) is 10.0 Å². The van der Waals surface area contributed by atoms with Crippen molar-refractivity contribution in [2.75, 3.05) is 20.2 Å². The minimum Gasteiger partial charge on any atom is -0.496 e. The fourth-order valence-electron chi connectivity index (χ4n) is 3.14. The monoisotopic (exact) mass is 379 g/mol. The molecule has 0 radical (unpaired) electrons. The molecular weight excluding hydrogens is 358 g/mol. The molecule has 7 heteroatoms. The lowest BCUT2D eigenvalue weighted by molar-refractivity contribution is 0.0879. The van der Waals surface area contributed by atoms with Gasteiger partial charge in [0.25, 0.3) is 0 Å². The average Bonchev–Trinajstić information content (AvgIpc) is 3.15. The number of ether oxygens (including phenoxy) is 1. The van der Waals surface area contributed by atoms with Crippen LogP contribution >= 0.6 is 11.3 Å². The van der Waals surface area contributed by atoms with E-state index >= 15 is 0 Å². The number of piperidine rings is 1. The summed E-state index contributed by atoms with van der Waals surface area (Å²) in [5.74, 6) is 0.703. The molecule has 1 fully saturated rings. The van der Waals surface area contributed by atoms with Crippen molar-refractivity contribution in [2.24, 2.45) is 5.92 Å². The van der Waals surface area contributed by atoms with E-state index in [-0.39, 0.29) is 16.6 Å². The fourth-order valence-corrected chi connectivity index (χ4v) is 5.44. The number of hydrogen-bond acceptors (Lipinski definition) is 5. The normalized spacial score (nSPS) is 16.7. The lowest BCUT2D eigenvalue weighted by atomic mass is 9.93. The fraction of sp³-hybridized carbons (Fsp3) is 0.389. The number of hydrogen-bond donors (Lipinski definition) is 0. The minimum atomic E-state index is -3.54. The lowest BCUT2D eigenvalue weighted by Gasteiger charge is -2.30. The van der Waals surface area contributed by atoms with E-state index in [0.717, 1.165) is 10.4 Å². The molecule has 0 amide bonds. The predicted octanol–water partition coefficient (Wildman–Crippen LogP) is 3.35. The second kappa shape index (κ2) is 7.27. The number of Topliss-reactive ketones (excluding diaryl/α,β-unsaturated/α-hetero) is 1. The van der Waals surface area contributed by atoms with E-state index in [1.54, 1.807) is 25.3 Å². The van der Waals surface area contributed by atoms with Crippen LogP contribution in [0.3, 0.4) is 0 Å².